The molecule has 1 atom stereocenters. The minimum Gasteiger partial charge on any atom is -0.330 e. The second kappa shape index (κ2) is 7.44. The molecule has 1 aromatic heterocycles. The zero-order valence-corrected chi connectivity index (χ0v) is 15.5. The van der Waals surface area contributed by atoms with Gasteiger partial charge in [0, 0.05) is 24.7 Å². The van der Waals surface area contributed by atoms with E-state index >= 15 is 0 Å². The number of carbonyl (C=O) groups is 1. The summed E-state index contributed by atoms with van der Waals surface area (Å²) in [5.41, 5.74) is 0.514. The molecule has 2 heterocycles. The van der Waals surface area contributed by atoms with Crippen LogP contribution < -0.4 is 0 Å². The molecule has 1 aromatic carbocycles. The fraction of sp³-hybridized carbons (Fsp3) is 0.421. The van der Waals surface area contributed by atoms with Crippen molar-refractivity contribution in [3.05, 3.63) is 58.4 Å². The van der Waals surface area contributed by atoms with Crippen LogP contribution in [0, 0.1) is 17.5 Å². The summed E-state index contributed by atoms with van der Waals surface area (Å²) in [4.78, 5) is 14.2. The van der Waals surface area contributed by atoms with Crippen molar-refractivity contribution in [1.82, 2.24) is 19.7 Å². The zero-order valence-electron chi connectivity index (χ0n) is 15.5. The van der Waals surface area contributed by atoms with Crippen LogP contribution >= 0.6 is 0 Å². The van der Waals surface area contributed by atoms with E-state index in [9.17, 15) is 31.1 Å². The SMILES string of the molecule is O=C(C1=CC[C@H](c2cc(F)c(F)cc2F)CC1)N1CCn2c(nnc2C(F)(F)F)C1. The van der Waals surface area contributed by atoms with Gasteiger partial charge in [-0.05, 0) is 36.8 Å². The fourth-order valence-electron chi connectivity index (χ4n) is 3.91. The number of nitrogens with zero attached hydrogens (tertiary/aromatic N) is 4. The second-order valence-corrected chi connectivity index (χ2v) is 7.30. The van der Waals surface area contributed by atoms with Crippen LogP contribution in [0.1, 0.15) is 42.4 Å². The molecule has 1 aliphatic carbocycles. The van der Waals surface area contributed by atoms with Gasteiger partial charge in [-0.1, -0.05) is 6.08 Å². The topological polar surface area (TPSA) is 51.0 Å². The monoisotopic (exact) mass is 430 g/mol. The first-order valence-corrected chi connectivity index (χ1v) is 9.27. The van der Waals surface area contributed by atoms with E-state index in [-0.39, 0.29) is 43.4 Å². The van der Waals surface area contributed by atoms with Gasteiger partial charge in [0.1, 0.15) is 5.82 Å². The van der Waals surface area contributed by atoms with E-state index in [0.29, 0.717) is 24.5 Å². The average molecular weight is 430 g/mol. The number of carbonyl (C=O) groups excluding carboxylic acids is 1. The van der Waals surface area contributed by atoms with E-state index in [2.05, 4.69) is 10.2 Å². The second-order valence-electron chi connectivity index (χ2n) is 7.30. The lowest BCUT2D eigenvalue weighted by Gasteiger charge is -2.30. The van der Waals surface area contributed by atoms with Crippen LogP contribution in [0.5, 0.6) is 0 Å². The van der Waals surface area contributed by atoms with Gasteiger partial charge in [-0.3, -0.25) is 4.79 Å². The van der Waals surface area contributed by atoms with Gasteiger partial charge in [-0.15, -0.1) is 10.2 Å². The smallest absolute Gasteiger partial charge is 0.330 e. The minimum absolute atomic E-state index is 0.0556. The summed E-state index contributed by atoms with van der Waals surface area (Å²) in [6, 6.07) is 1.35. The quantitative estimate of drug-likeness (QED) is 0.536. The number of allylic oxidation sites excluding steroid dienone is 1. The van der Waals surface area contributed by atoms with E-state index in [1.165, 1.54) is 4.90 Å². The Kier molecular flexibility index (Phi) is 5.07. The fourth-order valence-corrected chi connectivity index (χ4v) is 3.91. The molecule has 2 aromatic rings. The van der Waals surface area contributed by atoms with Gasteiger partial charge in [-0.25, -0.2) is 13.2 Å². The van der Waals surface area contributed by atoms with Crippen LogP contribution in [0.15, 0.2) is 23.8 Å². The maximum atomic E-state index is 14.0. The van der Waals surface area contributed by atoms with E-state index in [0.717, 1.165) is 10.6 Å². The van der Waals surface area contributed by atoms with Crippen LogP contribution in [0.3, 0.4) is 0 Å². The lowest BCUT2D eigenvalue weighted by Crippen LogP contribution is -2.40. The largest absolute Gasteiger partial charge is 0.451 e. The highest BCUT2D eigenvalue weighted by atomic mass is 19.4. The number of alkyl halides is 3. The van der Waals surface area contributed by atoms with Gasteiger partial charge in [0.15, 0.2) is 17.5 Å². The standard InChI is InChI=1S/C19H16F6N4O/c20-13-8-15(22)14(21)7-12(13)10-1-3-11(4-2-10)17(30)28-5-6-29-16(9-28)26-27-18(29)19(23,24)25/h3,7-8,10H,1-2,4-6,9H2/t10-/m0/s1. The number of amides is 1. The first kappa shape index (κ1) is 20.4. The molecular formula is C19H16F6N4O. The summed E-state index contributed by atoms with van der Waals surface area (Å²) in [6.45, 7) is -0.0924. The summed E-state index contributed by atoms with van der Waals surface area (Å²) in [5.74, 6) is -4.98. The highest BCUT2D eigenvalue weighted by Gasteiger charge is 2.40. The Morgan fingerprint density at radius 2 is 1.77 bits per heavy atom. The maximum Gasteiger partial charge on any atom is 0.451 e. The molecule has 0 saturated heterocycles. The highest BCUT2D eigenvalue weighted by molar-refractivity contribution is 5.93. The summed E-state index contributed by atoms with van der Waals surface area (Å²) < 4.78 is 80.3. The Bertz CT molecular complexity index is 1030. The number of halogens is 6. The predicted molar refractivity (Wildman–Crippen MR) is 91.4 cm³/mol. The number of rotatable bonds is 2. The molecule has 1 amide bonds. The molecule has 0 saturated carbocycles. The van der Waals surface area contributed by atoms with Crippen molar-refractivity contribution < 1.29 is 31.1 Å². The van der Waals surface area contributed by atoms with Crippen molar-refractivity contribution >= 4 is 5.91 Å². The molecule has 160 valence electrons. The average Bonchev–Trinajstić information content (AvgIpc) is 3.14. The Morgan fingerprint density at radius 1 is 1.03 bits per heavy atom. The first-order chi connectivity index (χ1) is 14.1. The third kappa shape index (κ3) is 3.68. The van der Waals surface area contributed by atoms with Crippen LogP contribution in [0.4, 0.5) is 26.3 Å². The number of hydrogen-bond acceptors (Lipinski definition) is 3. The summed E-state index contributed by atoms with van der Waals surface area (Å²) in [6.07, 6.45) is -2.07. The molecule has 11 heteroatoms. The molecule has 2 aliphatic rings. The third-order valence-corrected chi connectivity index (χ3v) is 5.46. The number of benzene rings is 1. The molecule has 30 heavy (non-hydrogen) atoms. The lowest BCUT2D eigenvalue weighted by atomic mass is 9.84. The Hall–Kier alpha value is -2.85. The maximum absolute atomic E-state index is 14.0. The van der Waals surface area contributed by atoms with Crippen LogP contribution in [-0.2, 0) is 24.1 Å². The van der Waals surface area contributed by atoms with Crippen molar-refractivity contribution in [2.75, 3.05) is 6.54 Å². The number of fused-ring (bicyclic) bond motifs is 1. The van der Waals surface area contributed by atoms with Gasteiger partial charge in [0.2, 0.25) is 11.7 Å². The number of hydrogen-bond donors (Lipinski definition) is 0. The van der Waals surface area contributed by atoms with Crippen molar-refractivity contribution in [2.24, 2.45) is 0 Å². The van der Waals surface area contributed by atoms with Crippen LogP contribution in [0.2, 0.25) is 0 Å². The number of aromatic nitrogens is 3. The summed E-state index contributed by atoms with van der Waals surface area (Å²) in [5, 5.41) is 6.73. The third-order valence-electron chi connectivity index (χ3n) is 5.46. The zero-order chi connectivity index (χ0) is 21.6. The van der Waals surface area contributed by atoms with Crippen LogP contribution in [-0.4, -0.2) is 32.1 Å². The molecular weight excluding hydrogens is 414 g/mol. The molecule has 0 fully saturated rings. The molecule has 0 unspecified atom stereocenters. The van der Waals surface area contributed by atoms with Gasteiger partial charge in [-0.2, -0.15) is 13.2 Å². The van der Waals surface area contributed by atoms with Gasteiger partial charge < -0.3 is 9.47 Å². The predicted octanol–water partition coefficient (Wildman–Crippen LogP) is 3.95. The molecule has 0 spiro atoms. The minimum atomic E-state index is -4.62. The van der Waals surface area contributed by atoms with Crippen LogP contribution in [0.25, 0.3) is 0 Å². The van der Waals surface area contributed by atoms with Crippen molar-refractivity contribution in [2.45, 2.75) is 44.4 Å². The van der Waals surface area contributed by atoms with Crippen molar-refractivity contribution in [3.8, 4) is 0 Å². The molecule has 0 radical (unpaired) electrons. The van der Waals surface area contributed by atoms with E-state index in [1.807, 2.05) is 0 Å². The van der Waals surface area contributed by atoms with Gasteiger partial charge in [0.05, 0.1) is 6.54 Å². The van der Waals surface area contributed by atoms with Gasteiger partial charge in [0.25, 0.3) is 0 Å². The first-order valence-electron chi connectivity index (χ1n) is 9.27. The van der Waals surface area contributed by atoms with E-state index in [4.69, 9.17) is 0 Å². The highest BCUT2D eigenvalue weighted by Crippen LogP contribution is 2.35. The van der Waals surface area contributed by atoms with Crippen molar-refractivity contribution in [3.63, 3.8) is 0 Å². The summed E-state index contributed by atoms with van der Waals surface area (Å²) >= 11 is 0. The summed E-state index contributed by atoms with van der Waals surface area (Å²) in [7, 11) is 0. The lowest BCUT2D eigenvalue weighted by molar-refractivity contribution is -0.148. The van der Waals surface area contributed by atoms with Crippen molar-refractivity contribution in [1.29, 1.82) is 0 Å². The molecule has 0 N–H and O–H groups in total. The molecule has 5 nitrogen and oxygen atoms in total. The Labute approximate surface area is 167 Å². The van der Waals surface area contributed by atoms with E-state index < -0.39 is 35.4 Å². The Morgan fingerprint density at radius 3 is 2.43 bits per heavy atom. The van der Waals surface area contributed by atoms with Gasteiger partial charge >= 0.3 is 6.18 Å². The molecule has 1 aliphatic heterocycles. The molecule has 4 rings (SSSR count). The normalized spacial score (nSPS) is 19.5. The molecule has 0 bridgehead atoms. The van der Waals surface area contributed by atoms with E-state index in [1.54, 1.807) is 6.08 Å². The Balaban J connectivity index is 1.46.